The molecule has 0 heterocycles. The highest BCUT2D eigenvalue weighted by atomic mass is 16.1. The Labute approximate surface area is 98.2 Å². The molecule has 4 bridgehead atoms. The second kappa shape index (κ2) is 3.02. The van der Waals surface area contributed by atoms with Crippen LogP contribution < -0.4 is 5.32 Å². The Bertz CT molecular complexity index is 324. The molecule has 2 heteroatoms. The average molecular weight is 221 g/mol. The minimum Gasteiger partial charge on any atom is -0.350 e. The molecule has 0 aromatic carbocycles. The standard InChI is InChI=1S/C14H23NO/c1-9(16)15-14(3)12-5-10-4-11(6-12)8-13(14,2)7-10/h10-12H,4-8H2,1-3H3,(H,15,16). The van der Waals surface area contributed by atoms with Crippen LogP contribution in [0.4, 0.5) is 0 Å². The first-order chi connectivity index (χ1) is 7.43. The summed E-state index contributed by atoms with van der Waals surface area (Å²) in [7, 11) is 0. The lowest BCUT2D eigenvalue weighted by molar-refractivity contribution is -0.144. The Morgan fingerprint density at radius 3 is 2.12 bits per heavy atom. The van der Waals surface area contributed by atoms with Crippen molar-refractivity contribution in [2.24, 2.45) is 23.2 Å². The highest BCUT2D eigenvalue weighted by molar-refractivity contribution is 5.74. The van der Waals surface area contributed by atoms with E-state index in [4.69, 9.17) is 0 Å². The van der Waals surface area contributed by atoms with E-state index in [2.05, 4.69) is 19.2 Å². The third kappa shape index (κ3) is 1.22. The van der Waals surface area contributed by atoms with E-state index in [-0.39, 0.29) is 11.4 Å². The fourth-order valence-electron chi connectivity index (χ4n) is 5.26. The van der Waals surface area contributed by atoms with Gasteiger partial charge in [-0.05, 0) is 62.2 Å². The Balaban J connectivity index is 1.96. The van der Waals surface area contributed by atoms with Gasteiger partial charge in [0.1, 0.15) is 0 Å². The number of rotatable bonds is 1. The lowest BCUT2D eigenvalue weighted by Gasteiger charge is -2.65. The lowest BCUT2D eigenvalue weighted by Crippen LogP contribution is -2.69. The zero-order valence-corrected chi connectivity index (χ0v) is 10.7. The third-order valence-corrected chi connectivity index (χ3v) is 5.89. The van der Waals surface area contributed by atoms with E-state index in [0.29, 0.717) is 5.41 Å². The summed E-state index contributed by atoms with van der Waals surface area (Å²) in [6.07, 6.45) is 6.82. The van der Waals surface area contributed by atoms with Crippen LogP contribution in [0.2, 0.25) is 0 Å². The summed E-state index contributed by atoms with van der Waals surface area (Å²) < 4.78 is 0. The summed E-state index contributed by atoms with van der Waals surface area (Å²) in [6, 6.07) is 0. The maximum absolute atomic E-state index is 11.5. The van der Waals surface area contributed by atoms with E-state index in [1.807, 2.05) is 0 Å². The zero-order valence-electron chi connectivity index (χ0n) is 10.7. The molecule has 1 N–H and O–H groups in total. The van der Waals surface area contributed by atoms with Gasteiger partial charge in [-0.25, -0.2) is 0 Å². The van der Waals surface area contributed by atoms with E-state index in [1.165, 1.54) is 32.1 Å². The average Bonchev–Trinajstić information content (AvgIpc) is 2.12. The Morgan fingerprint density at radius 2 is 1.69 bits per heavy atom. The predicted molar refractivity (Wildman–Crippen MR) is 63.9 cm³/mol. The van der Waals surface area contributed by atoms with Crippen LogP contribution in [-0.2, 0) is 4.79 Å². The molecule has 0 saturated heterocycles. The summed E-state index contributed by atoms with van der Waals surface area (Å²) in [5, 5.41) is 3.30. The van der Waals surface area contributed by atoms with Crippen LogP contribution in [0.1, 0.15) is 52.9 Å². The zero-order chi connectivity index (χ0) is 11.6. The van der Waals surface area contributed by atoms with Crippen LogP contribution in [0.5, 0.6) is 0 Å². The van der Waals surface area contributed by atoms with Crippen LogP contribution in [0.15, 0.2) is 0 Å². The van der Waals surface area contributed by atoms with Gasteiger partial charge in [0.05, 0.1) is 0 Å². The van der Waals surface area contributed by atoms with Crippen molar-refractivity contribution in [1.82, 2.24) is 5.32 Å². The van der Waals surface area contributed by atoms with Gasteiger partial charge in [-0.2, -0.15) is 0 Å². The van der Waals surface area contributed by atoms with Crippen molar-refractivity contribution in [2.45, 2.75) is 58.4 Å². The first-order valence-electron chi connectivity index (χ1n) is 6.72. The molecule has 4 aliphatic rings. The monoisotopic (exact) mass is 221 g/mol. The van der Waals surface area contributed by atoms with E-state index in [1.54, 1.807) is 6.92 Å². The van der Waals surface area contributed by atoms with Gasteiger partial charge in [-0.15, -0.1) is 0 Å². The maximum Gasteiger partial charge on any atom is 0.217 e. The molecule has 3 atom stereocenters. The number of carbonyl (C=O) groups excluding carboxylic acids is 1. The van der Waals surface area contributed by atoms with Gasteiger partial charge >= 0.3 is 0 Å². The lowest BCUT2D eigenvalue weighted by atomic mass is 9.43. The molecule has 0 aliphatic heterocycles. The van der Waals surface area contributed by atoms with Crippen LogP contribution in [0.25, 0.3) is 0 Å². The van der Waals surface area contributed by atoms with Gasteiger partial charge in [0.25, 0.3) is 0 Å². The number of amides is 1. The summed E-state index contributed by atoms with van der Waals surface area (Å²) in [5.41, 5.74) is 0.416. The second-order valence-electron chi connectivity index (χ2n) is 6.99. The molecule has 0 radical (unpaired) electrons. The molecule has 4 rings (SSSR count). The first kappa shape index (κ1) is 10.6. The molecule has 0 aromatic heterocycles. The smallest absolute Gasteiger partial charge is 0.217 e. The fraction of sp³-hybridized carbons (Fsp3) is 0.929. The molecule has 0 aromatic rings. The van der Waals surface area contributed by atoms with Gasteiger partial charge in [0.15, 0.2) is 0 Å². The van der Waals surface area contributed by atoms with Crippen molar-refractivity contribution in [3.8, 4) is 0 Å². The van der Waals surface area contributed by atoms with Crippen molar-refractivity contribution < 1.29 is 4.79 Å². The van der Waals surface area contributed by atoms with Crippen molar-refractivity contribution in [1.29, 1.82) is 0 Å². The van der Waals surface area contributed by atoms with Gasteiger partial charge in [0, 0.05) is 12.5 Å². The van der Waals surface area contributed by atoms with Crippen molar-refractivity contribution >= 4 is 5.91 Å². The van der Waals surface area contributed by atoms with Gasteiger partial charge in [-0.1, -0.05) is 6.92 Å². The molecule has 90 valence electrons. The maximum atomic E-state index is 11.5. The topological polar surface area (TPSA) is 29.1 Å². The van der Waals surface area contributed by atoms with E-state index < -0.39 is 0 Å². The van der Waals surface area contributed by atoms with Gasteiger partial charge in [-0.3, -0.25) is 4.79 Å². The Morgan fingerprint density at radius 1 is 1.12 bits per heavy atom. The summed E-state index contributed by atoms with van der Waals surface area (Å²) in [5.74, 6) is 2.78. The fourth-order valence-corrected chi connectivity index (χ4v) is 5.26. The summed E-state index contributed by atoms with van der Waals surface area (Å²) >= 11 is 0. The number of carbonyl (C=O) groups is 1. The molecule has 0 spiro atoms. The molecule has 4 aliphatic carbocycles. The second-order valence-corrected chi connectivity index (χ2v) is 6.99. The Kier molecular flexibility index (Phi) is 2.01. The predicted octanol–water partition coefficient (Wildman–Crippen LogP) is 2.73. The van der Waals surface area contributed by atoms with Gasteiger partial charge < -0.3 is 5.32 Å². The molecule has 3 unspecified atom stereocenters. The van der Waals surface area contributed by atoms with Crippen molar-refractivity contribution in [3.05, 3.63) is 0 Å². The molecule has 16 heavy (non-hydrogen) atoms. The summed E-state index contributed by atoms with van der Waals surface area (Å²) in [6.45, 7) is 6.38. The molecule has 1 amide bonds. The minimum absolute atomic E-state index is 0.0618. The number of nitrogens with one attached hydrogen (secondary N) is 1. The van der Waals surface area contributed by atoms with E-state index in [0.717, 1.165) is 17.8 Å². The largest absolute Gasteiger partial charge is 0.350 e. The highest BCUT2D eigenvalue weighted by Gasteiger charge is 2.61. The number of hydrogen-bond donors (Lipinski definition) is 1. The third-order valence-electron chi connectivity index (χ3n) is 5.89. The molecule has 4 fully saturated rings. The first-order valence-corrected chi connectivity index (χ1v) is 6.72. The quantitative estimate of drug-likeness (QED) is 0.724. The SMILES string of the molecule is CC(=O)NC1(C)C2CC3CC(C2)CC1(C)C3. The molecule has 4 saturated carbocycles. The number of hydrogen-bond acceptors (Lipinski definition) is 1. The van der Waals surface area contributed by atoms with E-state index in [9.17, 15) is 4.79 Å². The molecular formula is C14H23NO. The van der Waals surface area contributed by atoms with Crippen LogP contribution in [0, 0.1) is 23.2 Å². The van der Waals surface area contributed by atoms with Crippen molar-refractivity contribution in [3.63, 3.8) is 0 Å². The van der Waals surface area contributed by atoms with Crippen LogP contribution in [0.3, 0.4) is 0 Å². The van der Waals surface area contributed by atoms with Gasteiger partial charge in [0.2, 0.25) is 5.91 Å². The highest BCUT2D eigenvalue weighted by Crippen LogP contribution is 2.64. The van der Waals surface area contributed by atoms with Crippen LogP contribution >= 0.6 is 0 Å². The normalized spacial score (nSPS) is 54.1. The van der Waals surface area contributed by atoms with Crippen LogP contribution in [-0.4, -0.2) is 11.4 Å². The molecular weight excluding hydrogens is 198 g/mol. The van der Waals surface area contributed by atoms with Crippen molar-refractivity contribution in [2.75, 3.05) is 0 Å². The summed E-state index contributed by atoms with van der Waals surface area (Å²) in [4.78, 5) is 11.5. The molecule has 2 nitrogen and oxygen atoms in total. The minimum atomic E-state index is 0.0618. The van der Waals surface area contributed by atoms with E-state index >= 15 is 0 Å². The Hall–Kier alpha value is -0.530.